The lowest BCUT2D eigenvalue weighted by Crippen LogP contribution is -2.25. The molecule has 7 heteroatoms. The molecule has 118 valence electrons. The Balaban J connectivity index is 1.80. The van der Waals surface area contributed by atoms with E-state index in [1.807, 2.05) is 30.1 Å². The van der Waals surface area contributed by atoms with Crippen molar-refractivity contribution in [3.8, 4) is 0 Å². The van der Waals surface area contributed by atoms with E-state index in [4.69, 9.17) is 10.2 Å². The van der Waals surface area contributed by atoms with E-state index in [9.17, 15) is 4.79 Å². The largest absolute Gasteiger partial charge is 0.467 e. The number of hydrogen-bond acceptors (Lipinski definition) is 3. The Hall–Kier alpha value is -3.09. The normalized spacial score (nSPS) is 11.8. The molecule has 0 saturated carbocycles. The predicted molar refractivity (Wildman–Crippen MR) is 85.5 cm³/mol. The third-order valence-corrected chi connectivity index (χ3v) is 3.46. The third-order valence-electron chi connectivity index (χ3n) is 3.46. The Morgan fingerprint density at radius 3 is 3.09 bits per heavy atom. The summed E-state index contributed by atoms with van der Waals surface area (Å²) in [6.45, 7) is 1.96. The summed E-state index contributed by atoms with van der Waals surface area (Å²) in [5.74, 6) is 0.690. The number of amidine groups is 1. The number of nitrogens with zero attached hydrogens (tertiary/aromatic N) is 3. The lowest BCUT2D eigenvalue weighted by atomic mass is 10.3. The number of hydrogen-bond donors (Lipinski definition) is 2. The maximum absolute atomic E-state index is 10.8. The van der Waals surface area contributed by atoms with Crippen LogP contribution in [0.4, 0.5) is 0 Å². The van der Waals surface area contributed by atoms with Gasteiger partial charge in [0.1, 0.15) is 19.1 Å². The minimum absolute atomic E-state index is 0.208. The Bertz CT molecular complexity index is 891. The van der Waals surface area contributed by atoms with Crippen LogP contribution < -0.4 is 15.7 Å². The van der Waals surface area contributed by atoms with Crippen LogP contribution in [0.2, 0.25) is 0 Å². The first-order valence-electron chi connectivity index (χ1n) is 7.14. The van der Waals surface area contributed by atoms with Crippen molar-refractivity contribution < 1.29 is 13.8 Å². The van der Waals surface area contributed by atoms with E-state index in [-0.39, 0.29) is 11.7 Å². The van der Waals surface area contributed by atoms with Gasteiger partial charge in [0.15, 0.2) is 18.2 Å². The highest BCUT2D eigenvalue weighted by atomic mass is 16.3. The molecule has 0 aromatic carbocycles. The molecule has 0 aliphatic carbocycles. The second-order valence-electron chi connectivity index (χ2n) is 5.36. The molecule has 7 nitrogen and oxygen atoms in total. The number of aryl methyl sites for hydroxylation is 1. The van der Waals surface area contributed by atoms with Crippen LogP contribution in [0.25, 0.3) is 10.9 Å². The van der Waals surface area contributed by atoms with Crippen LogP contribution >= 0.6 is 0 Å². The molecule has 0 aliphatic heterocycles. The minimum Gasteiger partial charge on any atom is -0.467 e. The van der Waals surface area contributed by atoms with E-state index in [1.165, 1.54) is 13.2 Å². The van der Waals surface area contributed by atoms with Gasteiger partial charge in [0.25, 0.3) is 0 Å². The minimum atomic E-state index is -0.274. The Kier molecular flexibility index (Phi) is 3.84. The van der Waals surface area contributed by atoms with Gasteiger partial charge in [-0.25, -0.2) is 9.99 Å². The highest BCUT2D eigenvalue weighted by molar-refractivity contribution is 5.97. The number of pyridine rings is 1. The summed E-state index contributed by atoms with van der Waals surface area (Å²) in [5, 5.41) is 4.95. The smallest absolute Gasteiger partial charge is 0.237 e. The van der Waals surface area contributed by atoms with Gasteiger partial charge in [-0.2, -0.15) is 5.10 Å². The van der Waals surface area contributed by atoms with Crippen LogP contribution in [0.5, 0.6) is 0 Å². The van der Waals surface area contributed by atoms with Gasteiger partial charge in [0, 0.05) is 19.2 Å². The molecule has 0 unspecified atom stereocenters. The number of aromatic nitrogens is 2. The number of nitrogens with two attached hydrogens (primary N) is 1. The molecule has 3 heterocycles. The second-order valence-corrected chi connectivity index (χ2v) is 5.36. The van der Waals surface area contributed by atoms with Gasteiger partial charge < -0.3 is 14.7 Å². The van der Waals surface area contributed by atoms with Crippen molar-refractivity contribution in [2.24, 2.45) is 17.9 Å². The van der Waals surface area contributed by atoms with Crippen molar-refractivity contribution in [2.45, 2.75) is 13.5 Å². The Labute approximate surface area is 133 Å². The molecule has 0 aliphatic rings. The molecule has 0 fully saturated rings. The summed E-state index contributed by atoms with van der Waals surface area (Å²) in [6.07, 6.45) is 7.62. The standard InChI is InChI=1S/C16H17N5O2/c1-11(22)18-19-16(17)13-7-14(23-10-13)9-21-6-3-12-8-20(2)5-4-15(12)21/h3-8,10H,9H2,1-2H3,(H2-,17,18,19,22)/p+1. The fourth-order valence-corrected chi connectivity index (χ4v) is 2.36. The second kappa shape index (κ2) is 5.96. The zero-order valence-electron chi connectivity index (χ0n) is 13.0. The van der Waals surface area contributed by atoms with Crippen molar-refractivity contribution in [1.29, 1.82) is 0 Å². The molecule has 23 heavy (non-hydrogen) atoms. The van der Waals surface area contributed by atoms with Crippen LogP contribution in [0.15, 0.2) is 52.6 Å². The van der Waals surface area contributed by atoms with Gasteiger partial charge >= 0.3 is 0 Å². The van der Waals surface area contributed by atoms with Gasteiger partial charge in [-0.15, -0.1) is 0 Å². The average Bonchev–Trinajstić information content (AvgIpc) is 3.12. The van der Waals surface area contributed by atoms with Crippen LogP contribution in [0, 0.1) is 0 Å². The predicted octanol–water partition coefficient (Wildman–Crippen LogP) is 0.863. The molecule has 1 amide bonds. The first-order chi connectivity index (χ1) is 11.0. The molecule has 0 bridgehead atoms. The topological polar surface area (TPSA) is 89.4 Å². The van der Waals surface area contributed by atoms with Crippen LogP contribution in [0.1, 0.15) is 18.2 Å². The number of rotatable bonds is 4. The molecule has 0 saturated heterocycles. The van der Waals surface area contributed by atoms with Gasteiger partial charge in [-0.3, -0.25) is 4.79 Å². The van der Waals surface area contributed by atoms with Crippen molar-refractivity contribution in [2.75, 3.05) is 0 Å². The number of fused-ring (bicyclic) bond motifs is 1. The zero-order valence-corrected chi connectivity index (χ0v) is 13.0. The lowest BCUT2D eigenvalue weighted by Gasteiger charge is -2.01. The van der Waals surface area contributed by atoms with E-state index in [2.05, 4.69) is 33.4 Å². The molecule has 3 N–H and O–H groups in total. The summed E-state index contributed by atoms with van der Waals surface area (Å²) < 4.78 is 9.65. The fourth-order valence-electron chi connectivity index (χ4n) is 2.36. The number of carbonyl (C=O) groups excluding carboxylic acids is 1. The fraction of sp³-hybridized carbons (Fsp3) is 0.188. The summed E-state index contributed by atoms with van der Waals surface area (Å²) in [4.78, 5) is 10.8. The maximum Gasteiger partial charge on any atom is 0.237 e. The van der Waals surface area contributed by atoms with E-state index in [0.717, 1.165) is 16.7 Å². The Morgan fingerprint density at radius 1 is 1.48 bits per heavy atom. The van der Waals surface area contributed by atoms with E-state index >= 15 is 0 Å². The molecule has 0 atom stereocenters. The highest BCUT2D eigenvalue weighted by Gasteiger charge is 2.09. The first kappa shape index (κ1) is 14.8. The number of hydrazone groups is 1. The molecule has 3 rings (SSSR count). The molecular weight excluding hydrogens is 294 g/mol. The van der Waals surface area contributed by atoms with Gasteiger partial charge in [0.05, 0.1) is 23.0 Å². The number of nitrogens with one attached hydrogen (secondary N) is 1. The number of furan rings is 1. The molecule has 3 aromatic rings. The van der Waals surface area contributed by atoms with E-state index < -0.39 is 0 Å². The number of amides is 1. The Morgan fingerprint density at radius 2 is 2.30 bits per heavy atom. The average molecular weight is 312 g/mol. The molecular formula is C16H18N5O2+. The van der Waals surface area contributed by atoms with Crippen LogP contribution in [0.3, 0.4) is 0 Å². The van der Waals surface area contributed by atoms with Gasteiger partial charge in [-0.1, -0.05) is 0 Å². The molecule has 0 radical (unpaired) electrons. The van der Waals surface area contributed by atoms with Gasteiger partial charge in [0.2, 0.25) is 5.91 Å². The summed E-state index contributed by atoms with van der Waals surface area (Å²) in [6, 6.07) is 5.94. The SMILES string of the molecule is CC(=O)NN=C(N)c1coc(Cn2ccc3c[n+](C)ccc32)c1. The quantitative estimate of drug-likeness (QED) is 0.324. The van der Waals surface area contributed by atoms with Crippen molar-refractivity contribution in [3.63, 3.8) is 0 Å². The lowest BCUT2D eigenvalue weighted by molar-refractivity contribution is -0.670. The first-order valence-corrected chi connectivity index (χ1v) is 7.14. The summed E-state index contributed by atoms with van der Waals surface area (Å²) >= 11 is 0. The van der Waals surface area contributed by atoms with Crippen molar-refractivity contribution in [3.05, 3.63) is 54.4 Å². The zero-order chi connectivity index (χ0) is 16.4. The van der Waals surface area contributed by atoms with Crippen molar-refractivity contribution >= 4 is 22.6 Å². The van der Waals surface area contributed by atoms with Crippen molar-refractivity contribution in [1.82, 2.24) is 9.99 Å². The van der Waals surface area contributed by atoms with Crippen LogP contribution in [-0.2, 0) is 18.4 Å². The third kappa shape index (κ3) is 3.23. The monoisotopic (exact) mass is 312 g/mol. The molecule has 0 spiro atoms. The van der Waals surface area contributed by atoms with E-state index in [1.54, 1.807) is 0 Å². The molecule has 3 aromatic heterocycles. The van der Waals surface area contributed by atoms with Gasteiger partial charge in [-0.05, 0) is 12.1 Å². The maximum atomic E-state index is 10.8. The summed E-state index contributed by atoms with van der Waals surface area (Å²) in [7, 11) is 1.99. The van der Waals surface area contributed by atoms with Crippen LogP contribution in [-0.4, -0.2) is 16.3 Å². The van der Waals surface area contributed by atoms with E-state index in [0.29, 0.717) is 12.1 Å². The highest BCUT2D eigenvalue weighted by Crippen LogP contribution is 2.16. The number of carbonyl (C=O) groups is 1. The summed E-state index contributed by atoms with van der Waals surface area (Å²) in [5.41, 5.74) is 9.87.